The Hall–Kier alpha value is -0.580. The van der Waals surface area contributed by atoms with Crippen LogP contribution in [-0.2, 0) is 4.74 Å². The SMILES string of the molecule is CC(C)CN1CCO[C@H](c2ccc(N)c(Br)c2)C1. The largest absolute Gasteiger partial charge is 0.398 e. The average Bonchev–Trinajstić information content (AvgIpc) is 2.32. The van der Waals surface area contributed by atoms with Crippen molar-refractivity contribution >= 4 is 21.6 Å². The van der Waals surface area contributed by atoms with E-state index < -0.39 is 0 Å². The molecular formula is C14H21BrN2O. The first-order valence-corrected chi connectivity index (χ1v) is 7.24. The van der Waals surface area contributed by atoms with E-state index in [1.165, 1.54) is 5.56 Å². The lowest BCUT2D eigenvalue weighted by molar-refractivity contribution is -0.0332. The number of halogens is 1. The van der Waals surface area contributed by atoms with Gasteiger partial charge in [-0.3, -0.25) is 4.90 Å². The fourth-order valence-electron chi connectivity index (χ4n) is 2.33. The third kappa shape index (κ3) is 3.46. The lowest BCUT2D eigenvalue weighted by Gasteiger charge is -2.34. The van der Waals surface area contributed by atoms with Crippen molar-refractivity contribution in [3.63, 3.8) is 0 Å². The Labute approximate surface area is 117 Å². The van der Waals surface area contributed by atoms with Gasteiger partial charge in [-0.2, -0.15) is 0 Å². The molecule has 0 aliphatic carbocycles. The number of nitrogens with zero attached hydrogens (tertiary/aromatic N) is 1. The summed E-state index contributed by atoms with van der Waals surface area (Å²) in [5.41, 5.74) is 7.78. The predicted octanol–water partition coefficient (Wildman–Crippen LogP) is 3.06. The van der Waals surface area contributed by atoms with Crippen molar-refractivity contribution in [2.45, 2.75) is 20.0 Å². The maximum absolute atomic E-state index is 5.87. The van der Waals surface area contributed by atoms with E-state index in [4.69, 9.17) is 10.5 Å². The minimum absolute atomic E-state index is 0.161. The molecule has 3 nitrogen and oxygen atoms in total. The molecule has 1 heterocycles. The van der Waals surface area contributed by atoms with Crippen LogP contribution < -0.4 is 5.73 Å². The normalized spacial score (nSPS) is 21.4. The number of benzene rings is 1. The van der Waals surface area contributed by atoms with Crippen LogP contribution in [-0.4, -0.2) is 31.1 Å². The van der Waals surface area contributed by atoms with Gasteiger partial charge < -0.3 is 10.5 Å². The maximum atomic E-state index is 5.87. The summed E-state index contributed by atoms with van der Waals surface area (Å²) in [6, 6.07) is 6.06. The third-order valence-corrected chi connectivity index (χ3v) is 3.86. The van der Waals surface area contributed by atoms with Crippen LogP contribution in [0.4, 0.5) is 5.69 Å². The van der Waals surface area contributed by atoms with Crippen molar-refractivity contribution in [1.82, 2.24) is 4.90 Å². The van der Waals surface area contributed by atoms with Crippen molar-refractivity contribution in [2.24, 2.45) is 5.92 Å². The van der Waals surface area contributed by atoms with Gasteiger partial charge >= 0.3 is 0 Å². The highest BCUT2D eigenvalue weighted by molar-refractivity contribution is 9.10. The summed E-state index contributed by atoms with van der Waals surface area (Å²) < 4.78 is 6.82. The van der Waals surface area contributed by atoms with E-state index in [1.54, 1.807) is 0 Å². The van der Waals surface area contributed by atoms with Crippen molar-refractivity contribution in [3.05, 3.63) is 28.2 Å². The van der Waals surface area contributed by atoms with Gasteiger partial charge in [-0.1, -0.05) is 19.9 Å². The average molecular weight is 313 g/mol. The first-order valence-electron chi connectivity index (χ1n) is 6.45. The zero-order valence-corrected chi connectivity index (χ0v) is 12.6. The number of nitrogens with two attached hydrogens (primary N) is 1. The minimum atomic E-state index is 0.161. The first kappa shape index (κ1) is 13.8. The second kappa shape index (κ2) is 6.04. The van der Waals surface area contributed by atoms with Crippen molar-refractivity contribution in [3.8, 4) is 0 Å². The number of hydrogen-bond donors (Lipinski definition) is 1. The van der Waals surface area contributed by atoms with E-state index in [0.29, 0.717) is 5.92 Å². The van der Waals surface area contributed by atoms with Crippen LogP contribution >= 0.6 is 15.9 Å². The molecule has 1 aliphatic heterocycles. The third-order valence-electron chi connectivity index (χ3n) is 3.17. The van der Waals surface area contributed by atoms with Crippen LogP contribution in [0.3, 0.4) is 0 Å². The zero-order valence-electron chi connectivity index (χ0n) is 11.0. The lowest BCUT2D eigenvalue weighted by atomic mass is 10.1. The molecule has 1 aliphatic rings. The molecule has 0 saturated carbocycles. The molecule has 2 rings (SSSR count). The summed E-state index contributed by atoms with van der Waals surface area (Å²) in [4.78, 5) is 2.48. The highest BCUT2D eigenvalue weighted by Crippen LogP contribution is 2.28. The molecule has 1 atom stereocenters. The second-order valence-corrected chi connectivity index (χ2v) is 6.15. The molecule has 2 N–H and O–H groups in total. The zero-order chi connectivity index (χ0) is 13.1. The first-order chi connectivity index (χ1) is 8.56. The number of morpholine rings is 1. The molecule has 1 aromatic carbocycles. The highest BCUT2D eigenvalue weighted by atomic mass is 79.9. The predicted molar refractivity (Wildman–Crippen MR) is 78.5 cm³/mol. The lowest BCUT2D eigenvalue weighted by Crippen LogP contribution is -2.40. The van der Waals surface area contributed by atoms with E-state index in [0.717, 1.165) is 36.4 Å². The van der Waals surface area contributed by atoms with E-state index in [2.05, 4.69) is 46.8 Å². The monoisotopic (exact) mass is 312 g/mol. The maximum Gasteiger partial charge on any atom is 0.0952 e. The summed E-state index contributed by atoms with van der Waals surface area (Å²) >= 11 is 3.47. The molecule has 0 bridgehead atoms. The van der Waals surface area contributed by atoms with Crippen LogP contribution in [0.5, 0.6) is 0 Å². The molecule has 1 saturated heterocycles. The fraction of sp³-hybridized carbons (Fsp3) is 0.571. The summed E-state index contributed by atoms with van der Waals surface area (Å²) in [7, 11) is 0. The Morgan fingerprint density at radius 1 is 1.50 bits per heavy atom. The second-order valence-electron chi connectivity index (χ2n) is 5.29. The highest BCUT2D eigenvalue weighted by Gasteiger charge is 2.22. The summed E-state index contributed by atoms with van der Waals surface area (Å²) in [5, 5.41) is 0. The number of hydrogen-bond acceptors (Lipinski definition) is 3. The van der Waals surface area contributed by atoms with Gasteiger partial charge in [0, 0.05) is 29.8 Å². The van der Waals surface area contributed by atoms with Gasteiger partial charge in [0.25, 0.3) is 0 Å². The number of ether oxygens (including phenoxy) is 1. The van der Waals surface area contributed by atoms with Crippen LogP contribution in [0.2, 0.25) is 0 Å². The summed E-state index contributed by atoms with van der Waals surface area (Å²) in [5.74, 6) is 0.696. The van der Waals surface area contributed by atoms with Crippen LogP contribution in [0, 0.1) is 5.92 Å². The molecular weight excluding hydrogens is 292 g/mol. The van der Waals surface area contributed by atoms with Crippen LogP contribution in [0.1, 0.15) is 25.5 Å². The van der Waals surface area contributed by atoms with E-state index in [9.17, 15) is 0 Å². The van der Waals surface area contributed by atoms with Gasteiger partial charge in [-0.05, 0) is 39.5 Å². The fourth-order valence-corrected chi connectivity index (χ4v) is 2.73. The molecule has 1 aromatic rings. The number of rotatable bonds is 3. The van der Waals surface area contributed by atoms with Crippen LogP contribution in [0.15, 0.2) is 22.7 Å². The van der Waals surface area contributed by atoms with Crippen molar-refractivity contribution in [2.75, 3.05) is 32.0 Å². The topological polar surface area (TPSA) is 38.5 Å². The molecule has 0 aromatic heterocycles. The van der Waals surface area contributed by atoms with Gasteiger partial charge in [0.05, 0.1) is 12.7 Å². The van der Waals surface area contributed by atoms with Gasteiger partial charge in [0.2, 0.25) is 0 Å². The number of anilines is 1. The molecule has 1 fully saturated rings. The van der Waals surface area contributed by atoms with Crippen molar-refractivity contribution < 1.29 is 4.74 Å². The molecule has 4 heteroatoms. The van der Waals surface area contributed by atoms with E-state index in [-0.39, 0.29) is 6.10 Å². The Kier molecular flexibility index (Phi) is 4.65. The Morgan fingerprint density at radius 3 is 2.94 bits per heavy atom. The van der Waals surface area contributed by atoms with Crippen molar-refractivity contribution in [1.29, 1.82) is 0 Å². The van der Waals surface area contributed by atoms with Gasteiger partial charge in [0.15, 0.2) is 0 Å². The van der Waals surface area contributed by atoms with Gasteiger partial charge in [-0.25, -0.2) is 0 Å². The molecule has 0 spiro atoms. The van der Waals surface area contributed by atoms with Crippen LogP contribution in [0.25, 0.3) is 0 Å². The summed E-state index contributed by atoms with van der Waals surface area (Å²) in [6.07, 6.45) is 0.161. The molecule has 100 valence electrons. The molecule has 0 radical (unpaired) electrons. The number of nitrogen functional groups attached to an aromatic ring is 1. The Balaban J connectivity index is 2.05. The smallest absolute Gasteiger partial charge is 0.0952 e. The molecule has 18 heavy (non-hydrogen) atoms. The summed E-state index contributed by atoms with van der Waals surface area (Å²) in [6.45, 7) is 8.45. The molecule has 0 amide bonds. The minimum Gasteiger partial charge on any atom is -0.398 e. The quantitative estimate of drug-likeness (QED) is 0.872. The standard InChI is InChI=1S/C14H21BrN2O/c1-10(2)8-17-5-6-18-14(9-17)11-3-4-13(16)12(15)7-11/h3-4,7,10,14H,5-6,8-9,16H2,1-2H3/t14-/m0/s1. The molecule has 0 unspecified atom stereocenters. The van der Waals surface area contributed by atoms with E-state index >= 15 is 0 Å². The van der Waals surface area contributed by atoms with E-state index in [1.807, 2.05) is 6.07 Å². The van der Waals surface area contributed by atoms with Gasteiger partial charge in [-0.15, -0.1) is 0 Å². The Bertz CT molecular complexity index is 409. The van der Waals surface area contributed by atoms with Gasteiger partial charge in [0.1, 0.15) is 0 Å². The Morgan fingerprint density at radius 2 is 2.28 bits per heavy atom.